The fraction of sp³-hybridized carbons (Fsp3) is 0.533. The van der Waals surface area contributed by atoms with E-state index >= 15 is 0 Å². The maximum absolute atomic E-state index is 6.02. The molecule has 3 heterocycles. The summed E-state index contributed by atoms with van der Waals surface area (Å²) in [5, 5.41) is 3.60. The maximum Gasteiger partial charge on any atom is 0.164 e. The first-order chi connectivity index (χ1) is 17.0. The van der Waals surface area contributed by atoms with E-state index in [9.17, 15) is 0 Å². The highest BCUT2D eigenvalue weighted by Crippen LogP contribution is 2.36. The van der Waals surface area contributed by atoms with E-state index in [2.05, 4.69) is 72.8 Å². The van der Waals surface area contributed by atoms with Crippen molar-refractivity contribution in [2.45, 2.75) is 53.1 Å². The van der Waals surface area contributed by atoms with E-state index in [4.69, 9.17) is 9.47 Å². The van der Waals surface area contributed by atoms with Crippen LogP contribution in [0.1, 0.15) is 48.9 Å². The quantitative estimate of drug-likeness (QED) is 0.536. The van der Waals surface area contributed by atoms with Crippen LogP contribution in [-0.2, 0) is 19.5 Å². The van der Waals surface area contributed by atoms with E-state index < -0.39 is 0 Å². The van der Waals surface area contributed by atoms with Crippen LogP contribution in [0.15, 0.2) is 42.6 Å². The summed E-state index contributed by atoms with van der Waals surface area (Å²) in [6.07, 6.45) is 3.25. The Hall–Kier alpha value is -2.66. The van der Waals surface area contributed by atoms with Crippen molar-refractivity contribution < 1.29 is 9.47 Å². The van der Waals surface area contributed by atoms with Gasteiger partial charge in [0.05, 0.1) is 13.2 Å². The minimum Gasteiger partial charge on any atom is -0.490 e. The van der Waals surface area contributed by atoms with Crippen LogP contribution in [0, 0.1) is 18.8 Å². The number of likely N-dealkylation sites (tertiary alicyclic amines) is 1. The standard InChI is InChI=1S/C30H41N3O2/c1-21(2)17-33(18-24-15-22(3)30-28(16-24)34-13-6-14-35-30)23(4)26-10-12-32(19-26)20-27-8-5-7-25-9-11-31-29(25)27/h5,7-8,15-16,21,26,31H,4,6,9-14,17-20H2,1-3H3/t26-/m1/s1. The maximum atomic E-state index is 6.02. The summed E-state index contributed by atoms with van der Waals surface area (Å²) >= 11 is 0. The van der Waals surface area contributed by atoms with Gasteiger partial charge in [0.2, 0.25) is 0 Å². The molecule has 1 N–H and O–H groups in total. The Labute approximate surface area is 211 Å². The van der Waals surface area contributed by atoms with Gasteiger partial charge in [0.25, 0.3) is 0 Å². The molecule has 3 aliphatic heterocycles. The number of ether oxygens (including phenoxy) is 2. The highest BCUT2D eigenvalue weighted by molar-refractivity contribution is 5.61. The number of benzene rings is 2. The van der Waals surface area contributed by atoms with Gasteiger partial charge in [-0.3, -0.25) is 4.90 Å². The number of nitrogens with one attached hydrogen (secondary N) is 1. The molecule has 188 valence electrons. The van der Waals surface area contributed by atoms with Crippen LogP contribution < -0.4 is 14.8 Å². The molecule has 0 aliphatic carbocycles. The number of rotatable bonds is 8. The van der Waals surface area contributed by atoms with Crippen LogP contribution in [0.4, 0.5) is 5.69 Å². The number of hydrogen-bond acceptors (Lipinski definition) is 5. The summed E-state index contributed by atoms with van der Waals surface area (Å²) in [5.41, 5.74) is 7.99. The minimum absolute atomic E-state index is 0.500. The zero-order chi connectivity index (χ0) is 24.4. The largest absolute Gasteiger partial charge is 0.490 e. The molecule has 0 bridgehead atoms. The van der Waals surface area contributed by atoms with Gasteiger partial charge in [-0.25, -0.2) is 0 Å². The third-order valence-corrected chi connectivity index (χ3v) is 7.53. The summed E-state index contributed by atoms with van der Waals surface area (Å²) in [6, 6.07) is 11.2. The molecule has 5 heteroatoms. The molecule has 3 aliphatic rings. The number of aryl methyl sites for hydroxylation is 1. The van der Waals surface area contributed by atoms with Crippen LogP contribution >= 0.6 is 0 Å². The Kier molecular flexibility index (Phi) is 7.24. The average Bonchev–Trinajstić information content (AvgIpc) is 3.43. The second kappa shape index (κ2) is 10.5. The van der Waals surface area contributed by atoms with Crippen molar-refractivity contribution in [3.8, 4) is 11.5 Å². The zero-order valence-electron chi connectivity index (χ0n) is 21.7. The topological polar surface area (TPSA) is 37.0 Å². The lowest BCUT2D eigenvalue weighted by Gasteiger charge is -2.32. The SMILES string of the molecule is C=C([C@@H]1CCN(Cc2cccc3c2NCC3)C1)N(Cc1cc(C)c2c(c1)OCCCO2)CC(C)C. The molecule has 5 rings (SSSR count). The van der Waals surface area contributed by atoms with Gasteiger partial charge in [0.1, 0.15) is 0 Å². The third kappa shape index (κ3) is 5.45. The molecule has 1 atom stereocenters. The predicted octanol–water partition coefficient (Wildman–Crippen LogP) is 5.62. The minimum atomic E-state index is 0.500. The highest BCUT2D eigenvalue weighted by Gasteiger charge is 2.29. The lowest BCUT2D eigenvalue weighted by Crippen LogP contribution is -2.31. The lowest BCUT2D eigenvalue weighted by atomic mass is 10.0. The van der Waals surface area contributed by atoms with Crippen molar-refractivity contribution in [2.24, 2.45) is 11.8 Å². The predicted molar refractivity (Wildman–Crippen MR) is 143 cm³/mol. The summed E-state index contributed by atoms with van der Waals surface area (Å²) < 4.78 is 12.0. The van der Waals surface area contributed by atoms with Gasteiger partial charge >= 0.3 is 0 Å². The number of para-hydroxylation sites is 1. The van der Waals surface area contributed by atoms with Crippen LogP contribution in [0.2, 0.25) is 0 Å². The highest BCUT2D eigenvalue weighted by atomic mass is 16.5. The third-order valence-electron chi connectivity index (χ3n) is 7.53. The second-order valence-corrected chi connectivity index (χ2v) is 10.9. The number of anilines is 1. The summed E-state index contributed by atoms with van der Waals surface area (Å²) in [5.74, 6) is 2.88. The van der Waals surface area contributed by atoms with Crippen LogP contribution in [0.25, 0.3) is 0 Å². The van der Waals surface area contributed by atoms with Crippen molar-refractivity contribution >= 4 is 5.69 Å². The molecule has 0 saturated carbocycles. The fourth-order valence-electron chi connectivity index (χ4n) is 5.85. The van der Waals surface area contributed by atoms with Crippen LogP contribution in [0.5, 0.6) is 11.5 Å². The summed E-state index contributed by atoms with van der Waals surface area (Å²) in [7, 11) is 0. The molecule has 1 saturated heterocycles. The molecule has 1 fully saturated rings. The van der Waals surface area contributed by atoms with Crippen molar-refractivity contribution in [3.63, 3.8) is 0 Å². The van der Waals surface area contributed by atoms with Crippen molar-refractivity contribution in [1.82, 2.24) is 9.80 Å². The number of nitrogens with zero attached hydrogens (tertiary/aromatic N) is 2. The van der Waals surface area contributed by atoms with Crippen molar-refractivity contribution in [3.05, 3.63) is 64.9 Å². The van der Waals surface area contributed by atoms with Gasteiger partial charge in [0.15, 0.2) is 11.5 Å². The van der Waals surface area contributed by atoms with Crippen LogP contribution in [-0.4, -0.2) is 49.2 Å². The van der Waals surface area contributed by atoms with E-state index in [1.807, 2.05) is 0 Å². The van der Waals surface area contributed by atoms with E-state index in [-0.39, 0.29) is 0 Å². The molecule has 0 aromatic heterocycles. The smallest absolute Gasteiger partial charge is 0.164 e. The number of hydrogen-bond donors (Lipinski definition) is 1. The second-order valence-electron chi connectivity index (χ2n) is 10.9. The zero-order valence-corrected chi connectivity index (χ0v) is 21.7. The molecular formula is C30H41N3O2. The van der Waals surface area contributed by atoms with E-state index in [0.29, 0.717) is 11.8 Å². The molecule has 2 aromatic rings. The molecule has 0 radical (unpaired) electrons. The molecular weight excluding hydrogens is 434 g/mol. The Balaban J connectivity index is 1.27. The van der Waals surface area contributed by atoms with Gasteiger partial charge in [0, 0.05) is 56.4 Å². The van der Waals surface area contributed by atoms with E-state index in [1.54, 1.807) is 0 Å². The van der Waals surface area contributed by atoms with Gasteiger partial charge in [-0.05, 0) is 60.5 Å². The van der Waals surface area contributed by atoms with Gasteiger partial charge in [-0.1, -0.05) is 44.7 Å². The first-order valence-corrected chi connectivity index (χ1v) is 13.4. The first-order valence-electron chi connectivity index (χ1n) is 13.4. The lowest BCUT2D eigenvalue weighted by molar-refractivity contribution is 0.256. The van der Waals surface area contributed by atoms with E-state index in [1.165, 1.54) is 34.5 Å². The summed E-state index contributed by atoms with van der Waals surface area (Å²) in [4.78, 5) is 5.12. The molecule has 0 amide bonds. The Morgan fingerprint density at radius 1 is 1.23 bits per heavy atom. The number of fused-ring (bicyclic) bond motifs is 2. The van der Waals surface area contributed by atoms with E-state index in [0.717, 1.165) is 82.4 Å². The molecule has 5 nitrogen and oxygen atoms in total. The van der Waals surface area contributed by atoms with Gasteiger partial charge < -0.3 is 19.7 Å². The molecule has 0 spiro atoms. The Bertz CT molecular complexity index is 1060. The van der Waals surface area contributed by atoms with Crippen molar-refractivity contribution in [1.29, 1.82) is 0 Å². The van der Waals surface area contributed by atoms with Gasteiger partial charge in [-0.15, -0.1) is 0 Å². The molecule has 0 unspecified atom stereocenters. The Morgan fingerprint density at radius 3 is 2.94 bits per heavy atom. The monoisotopic (exact) mass is 475 g/mol. The normalized spacial score (nSPS) is 19.4. The molecule has 35 heavy (non-hydrogen) atoms. The fourth-order valence-corrected chi connectivity index (χ4v) is 5.85. The average molecular weight is 476 g/mol. The van der Waals surface area contributed by atoms with Gasteiger partial charge in [-0.2, -0.15) is 0 Å². The van der Waals surface area contributed by atoms with Crippen LogP contribution in [0.3, 0.4) is 0 Å². The molecule has 2 aromatic carbocycles. The Morgan fingerprint density at radius 2 is 2.09 bits per heavy atom. The first kappa shape index (κ1) is 24.1. The summed E-state index contributed by atoms with van der Waals surface area (Å²) in [6.45, 7) is 19.0. The van der Waals surface area contributed by atoms with Crippen molar-refractivity contribution in [2.75, 3.05) is 44.7 Å².